The number of carbonyl (C=O) groups excluding carboxylic acids is 2. The van der Waals surface area contributed by atoms with E-state index < -0.39 is 5.91 Å². The third-order valence-electron chi connectivity index (χ3n) is 3.10. The van der Waals surface area contributed by atoms with Gasteiger partial charge < -0.3 is 10.6 Å². The van der Waals surface area contributed by atoms with Gasteiger partial charge in [0.05, 0.1) is 11.6 Å². The molecule has 0 aliphatic rings. The summed E-state index contributed by atoms with van der Waals surface area (Å²) in [5.74, 6) is -0.814. The van der Waals surface area contributed by atoms with Crippen LogP contribution in [0.2, 0.25) is 0 Å². The highest BCUT2D eigenvalue weighted by Gasteiger charge is 2.10. The molecule has 2 amide bonds. The number of amides is 2. The van der Waals surface area contributed by atoms with Gasteiger partial charge in [-0.05, 0) is 55.3 Å². The molecule has 2 aromatic carbocycles. The summed E-state index contributed by atoms with van der Waals surface area (Å²) in [5, 5.41) is 14.1. The van der Waals surface area contributed by atoms with Crippen molar-refractivity contribution in [3.8, 4) is 6.07 Å². The Morgan fingerprint density at radius 1 is 0.957 bits per heavy atom. The van der Waals surface area contributed by atoms with Gasteiger partial charge in [0.2, 0.25) is 11.8 Å². The van der Waals surface area contributed by atoms with E-state index in [2.05, 4.69) is 10.6 Å². The van der Waals surface area contributed by atoms with Crippen LogP contribution in [0.5, 0.6) is 0 Å². The number of rotatable bonds is 4. The Labute approximate surface area is 134 Å². The van der Waals surface area contributed by atoms with Crippen molar-refractivity contribution in [1.29, 1.82) is 5.26 Å². The van der Waals surface area contributed by atoms with Crippen molar-refractivity contribution in [2.45, 2.75) is 20.3 Å². The fourth-order valence-corrected chi connectivity index (χ4v) is 2.27. The molecule has 23 heavy (non-hydrogen) atoms. The van der Waals surface area contributed by atoms with Crippen molar-refractivity contribution in [2.24, 2.45) is 0 Å². The third kappa shape index (κ3) is 4.97. The van der Waals surface area contributed by atoms with Crippen molar-refractivity contribution >= 4 is 23.2 Å². The first-order valence-electron chi connectivity index (χ1n) is 7.14. The second kappa shape index (κ2) is 7.23. The zero-order valence-corrected chi connectivity index (χ0v) is 13.0. The molecule has 2 aromatic rings. The molecule has 0 unspecified atom stereocenters. The Morgan fingerprint density at radius 3 is 2.17 bits per heavy atom. The summed E-state index contributed by atoms with van der Waals surface area (Å²) in [4.78, 5) is 23.8. The van der Waals surface area contributed by atoms with Crippen molar-refractivity contribution in [3.63, 3.8) is 0 Å². The van der Waals surface area contributed by atoms with Crippen LogP contribution in [0, 0.1) is 25.2 Å². The van der Waals surface area contributed by atoms with Crippen molar-refractivity contribution in [3.05, 3.63) is 59.2 Å². The Kier molecular flexibility index (Phi) is 5.11. The molecule has 0 bridgehead atoms. The number of carbonyl (C=O) groups is 2. The topological polar surface area (TPSA) is 82.0 Å². The molecule has 0 saturated heterocycles. The lowest BCUT2D eigenvalue weighted by molar-refractivity contribution is -0.123. The molecule has 0 heterocycles. The van der Waals surface area contributed by atoms with Gasteiger partial charge in [0.25, 0.3) is 0 Å². The Balaban J connectivity index is 1.94. The van der Waals surface area contributed by atoms with Gasteiger partial charge in [-0.2, -0.15) is 5.26 Å². The molecular formula is C18H17N3O2. The zero-order valence-electron chi connectivity index (χ0n) is 13.0. The third-order valence-corrected chi connectivity index (χ3v) is 3.10. The van der Waals surface area contributed by atoms with E-state index in [0.29, 0.717) is 16.9 Å². The van der Waals surface area contributed by atoms with Crippen LogP contribution in [-0.4, -0.2) is 11.8 Å². The summed E-state index contributed by atoms with van der Waals surface area (Å²) in [6.07, 6.45) is -0.288. The van der Waals surface area contributed by atoms with E-state index in [9.17, 15) is 9.59 Å². The molecule has 2 N–H and O–H groups in total. The monoisotopic (exact) mass is 307 g/mol. The van der Waals surface area contributed by atoms with E-state index in [1.54, 1.807) is 24.3 Å². The van der Waals surface area contributed by atoms with Crippen LogP contribution in [-0.2, 0) is 9.59 Å². The smallest absolute Gasteiger partial charge is 0.233 e. The highest BCUT2D eigenvalue weighted by molar-refractivity contribution is 6.08. The van der Waals surface area contributed by atoms with Crippen LogP contribution >= 0.6 is 0 Å². The predicted octanol–water partition coefficient (Wildman–Crippen LogP) is 3.14. The lowest BCUT2D eigenvalue weighted by Crippen LogP contribution is -2.21. The van der Waals surface area contributed by atoms with Crippen LogP contribution in [0.3, 0.4) is 0 Å². The molecule has 2 rings (SSSR count). The number of hydrogen-bond donors (Lipinski definition) is 2. The van der Waals surface area contributed by atoms with E-state index in [1.807, 2.05) is 38.1 Å². The first-order chi connectivity index (χ1) is 11.0. The highest BCUT2D eigenvalue weighted by Crippen LogP contribution is 2.14. The minimum absolute atomic E-state index is 0.288. The molecule has 0 saturated carbocycles. The average molecular weight is 307 g/mol. The minimum atomic E-state index is -0.429. The molecule has 0 fully saturated rings. The molecule has 0 atom stereocenters. The van der Waals surface area contributed by atoms with E-state index in [1.165, 1.54) is 0 Å². The highest BCUT2D eigenvalue weighted by atomic mass is 16.2. The van der Waals surface area contributed by atoms with Crippen LogP contribution < -0.4 is 10.6 Å². The Bertz CT molecular complexity index is 771. The molecule has 0 radical (unpaired) electrons. The van der Waals surface area contributed by atoms with Gasteiger partial charge in [0, 0.05) is 11.4 Å². The SMILES string of the molecule is Cc1cc(C)cc(NC(=O)CC(=O)Nc2cccc(C#N)c2)c1. The molecule has 5 heteroatoms. The van der Waals surface area contributed by atoms with E-state index >= 15 is 0 Å². The average Bonchev–Trinajstić information content (AvgIpc) is 2.45. The molecular weight excluding hydrogens is 290 g/mol. The number of benzene rings is 2. The fraction of sp³-hybridized carbons (Fsp3) is 0.167. The predicted molar refractivity (Wildman–Crippen MR) is 88.9 cm³/mol. The van der Waals surface area contributed by atoms with Gasteiger partial charge in [0.1, 0.15) is 6.42 Å². The fourth-order valence-electron chi connectivity index (χ4n) is 2.27. The van der Waals surface area contributed by atoms with E-state index in [0.717, 1.165) is 11.1 Å². The standard InChI is InChI=1S/C18H17N3O2/c1-12-6-13(2)8-16(7-12)21-18(23)10-17(22)20-15-5-3-4-14(9-15)11-19/h3-9H,10H2,1-2H3,(H,20,22)(H,21,23). The first-order valence-corrected chi connectivity index (χ1v) is 7.14. The number of nitrogens with zero attached hydrogens (tertiary/aromatic N) is 1. The largest absolute Gasteiger partial charge is 0.326 e. The lowest BCUT2D eigenvalue weighted by Gasteiger charge is -2.08. The summed E-state index contributed by atoms with van der Waals surface area (Å²) in [5.41, 5.74) is 3.69. The lowest BCUT2D eigenvalue weighted by atomic mass is 10.1. The van der Waals surface area contributed by atoms with Gasteiger partial charge in [0.15, 0.2) is 0 Å². The molecule has 0 aliphatic carbocycles. The van der Waals surface area contributed by atoms with Crippen LogP contribution in [0.15, 0.2) is 42.5 Å². The summed E-state index contributed by atoms with van der Waals surface area (Å²) in [7, 11) is 0. The van der Waals surface area contributed by atoms with Gasteiger partial charge in [-0.15, -0.1) is 0 Å². The van der Waals surface area contributed by atoms with Gasteiger partial charge in [-0.3, -0.25) is 9.59 Å². The maximum atomic E-state index is 11.9. The number of anilines is 2. The summed E-state index contributed by atoms with van der Waals surface area (Å²) in [6.45, 7) is 3.88. The summed E-state index contributed by atoms with van der Waals surface area (Å²) < 4.78 is 0. The summed E-state index contributed by atoms with van der Waals surface area (Å²) >= 11 is 0. The molecule has 5 nitrogen and oxygen atoms in total. The van der Waals surface area contributed by atoms with Crippen molar-refractivity contribution in [2.75, 3.05) is 10.6 Å². The molecule has 116 valence electrons. The molecule has 0 aliphatic heterocycles. The van der Waals surface area contributed by atoms with Crippen LogP contribution in [0.4, 0.5) is 11.4 Å². The van der Waals surface area contributed by atoms with E-state index in [4.69, 9.17) is 5.26 Å². The van der Waals surface area contributed by atoms with Gasteiger partial charge in [-0.25, -0.2) is 0 Å². The normalized spacial score (nSPS) is 9.78. The summed E-state index contributed by atoms with van der Waals surface area (Å²) in [6, 6.07) is 14.2. The van der Waals surface area contributed by atoms with Crippen molar-refractivity contribution in [1.82, 2.24) is 0 Å². The van der Waals surface area contributed by atoms with Gasteiger partial charge >= 0.3 is 0 Å². The van der Waals surface area contributed by atoms with Crippen molar-refractivity contribution < 1.29 is 9.59 Å². The molecule has 0 aromatic heterocycles. The number of nitrogens with one attached hydrogen (secondary N) is 2. The van der Waals surface area contributed by atoms with Gasteiger partial charge in [-0.1, -0.05) is 12.1 Å². The van der Waals surface area contributed by atoms with Crippen LogP contribution in [0.25, 0.3) is 0 Å². The number of hydrogen-bond acceptors (Lipinski definition) is 3. The second-order valence-corrected chi connectivity index (χ2v) is 5.34. The Morgan fingerprint density at radius 2 is 1.57 bits per heavy atom. The quantitative estimate of drug-likeness (QED) is 0.851. The first kappa shape index (κ1) is 16.2. The minimum Gasteiger partial charge on any atom is -0.326 e. The maximum absolute atomic E-state index is 11.9. The zero-order chi connectivity index (χ0) is 16.8. The van der Waals surface area contributed by atoms with Crippen LogP contribution in [0.1, 0.15) is 23.1 Å². The maximum Gasteiger partial charge on any atom is 0.233 e. The van der Waals surface area contributed by atoms with E-state index in [-0.39, 0.29) is 12.3 Å². The number of nitriles is 1. The second-order valence-electron chi connectivity index (χ2n) is 5.34. The number of aryl methyl sites for hydroxylation is 2. The molecule has 0 spiro atoms. The Hall–Kier alpha value is -3.13.